The van der Waals surface area contributed by atoms with Crippen molar-refractivity contribution in [2.75, 3.05) is 12.8 Å². The van der Waals surface area contributed by atoms with Crippen LogP contribution in [0.1, 0.15) is 39.3 Å². The molecule has 0 fully saturated rings. The Morgan fingerprint density at radius 1 is 1.32 bits per heavy atom. The molecule has 2 aromatic heterocycles. The quantitative estimate of drug-likeness (QED) is 0.812. The van der Waals surface area contributed by atoms with E-state index >= 15 is 0 Å². The van der Waals surface area contributed by atoms with E-state index in [0.717, 1.165) is 24.9 Å². The molecule has 118 valence electrons. The molecular weight excluding hydrogens is 317 g/mol. The number of fused-ring (bicyclic) bond motifs is 2. The number of halogens is 3. The lowest BCUT2D eigenvalue weighted by Gasteiger charge is -2.21. The minimum atomic E-state index is -4.54. The molecule has 0 saturated carbocycles. The van der Waals surface area contributed by atoms with Crippen LogP contribution in [0.15, 0.2) is 0 Å². The minimum absolute atomic E-state index is 0.0298. The Morgan fingerprint density at radius 3 is 2.64 bits per heavy atom. The highest BCUT2D eigenvalue weighted by Gasteiger charge is 2.39. The van der Waals surface area contributed by atoms with Gasteiger partial charge in [-0.05, 0) is 31.2 Å². The third-order valence-electron chi connectivity index (χ3n) is 3.81. The Hall–Kier alpha value is -1.83. The lowest BCUT2D eigenvalue weighted by atomic mass is 9.90. The standard InChI is InChI=1S/C14H13F3N2O2S/c1-21-13(20)11-10(18)8-9(14(15,16)17)6-4-2-3-5-7(6)19-12(8)22-11/h2-5,18H2,1H3. The zero-order valence-corrected chi connectivity index (χ0v) is 12.5. The maximum atomic E-state index is 13.6. The number of esters is 1. The molecule has 0 bridgehead atoms. The molecule has 22 heavy (non-hydrogen) atoms. The predicted octanol–water partition coefficient (Wildman–Crippen LogP) is 3.56. The molecule has 1 aliphatic rings. The number of hydrogen-bond donors (Lipinski definition) is 1. The second-order valence-electron chi connectivity index (χ2n) is 5.13. The molecule has 0 aliphatic heterocycles. The van der Waals surface area contributed by atoms with Crippen molar-refractivity contribution in [3.05, 3.63) is 21.7 Å². The second kappa shape index (κ2) is 5.12. The SMILES string of the molecule is COC(=O)c1sc2nc3c(c(C(F)(F)F)c2c1N)CCCC3. The summed E-state index contributed by atoms with van der Waals surface area (Å²) in [5, 5.41) is -0.168. The first kappa shape index (κ1) is 15.1. The number of carbonyl (C=O) groups excluding carboxylic acids is 1. The van der Waals surface area contributed by atoms with Gasteiger partial charge in [0.2, 0.25) is 0 Å². The van der Waals surface area contributed by atoms with Gasteiger partial charge in [-0.1, -0.05) is 0 Å². The second-order valence-corrected chi connectivity index (χ2v) is 6.13. The van der Waals surface area contributed by atoms with E-state index in [9.17, 15) is 18.0 Å². The Kier molecular flexibility index (Phi) is 3.51. The average Bonchev–Trinajstić information content (AvgIpc) is 2.79. The summed E-state index contributed by atoms with van der Waals surface area (Å²) in [6.07, 6.45) is -2.19. The van der Waals surface area contributed by atoms with Crippen LogP contribution in [0, 0.1) is 0 Å². The van der Waals surface area contributed by atoms with E-state index in [-0.39, 0.29) is 26.3 Å². The molecule has 2 heterocycles. The van der Waals surface area contributed by atoms with Gasteiger partial charge in [-0.2, -0.15) is 13.2 Å². The summed E-state index contributed by atoms with van der Waals surface area (Å²) >= 11 is 0.849. The zero-order valence-electron chi connectivity index (χ0n) is 11.7. The first-order valence-electron chi connectivity index (χ1n) is 6.73. The molecule has 0 radical (unpaired) electrons. The molecule has 0 spiro atoms. The fourth-order valence-electron chi connectivity index (χ4n) is 2.86. The largest absolute Gasteiger partial charge is 0.465 e. The molecule has 4 nitrogen and oxygen atoms in total. The van der Waals surface area contributed by atoms with Crippen LogP contribution in [-0.2, 0) is 23.8 Å². The number of pyridine rings is 1. The number of rotatable bonds is 1. The number of aryl methyl sites for hydroxylation is 1. The van der Waals surface area contributed by atoms with E-state index in [1.165, 1.54) is 0 Å². The van der Waals surface area contributed by atoms with Crippen molar-refractivity contribution in [3.8, 4) is 0 Å². The molecule has 2 N–H and O–H groups in total. The summed E-state index contributed by atoms with van der Waals surface area (Å²) in [4.78, 5) is 16.1. The van der Waals surface area contributed by atoms with E-state index in [0.29, 0.717) is 25.0 Å². The molecule has 2 aromatic rings. The summed E-state index contributed by atoms with van der Waals surface area (Å²) in [6, 6.07) is 0. The van der Waals surface area contributed by atoms with Gasteiger partial charge in [-0.25, -0.2) is 9.78 Å². The first-order valence-corrected chi connectivity index (χ1v) is 7.55. The highest BCUT2D eigenvalue weighted by molar-refractivity contribution is 7.21. The average molecular weight is 330 g/mol. The monoisotopic (exact) mass is 330 g/mol. The number of hydrogen-bond acceptors (Lipinski definition) is 5. The minimum Gasteiger partial charge on any atom is -0.465 e. The third-order valence-corrected chi connectivity index (χ3v) is 4.89. The highest BCUT2D eigenvalue weighted by Crippen LogP contribution is 2.45. The Morgan fingerprint density at radius 2 is 2.00 bits per heavy atom. The van der Waals surface area contributed by atoms with Gasteiger partial charge in [-0.15, -0.1) is 11.3 Å². The molecule has 0 saturated heterocycles. The Bertz CT molecular complexity index is 768. The van der Waals surface area contributed by atoms with Crippen LogP contribution in [0.5, 0.6) is 0 Å². The summed E-state index contributed by atoms with van der Waals surface area (Å²) < 4.78 is 45.3. The van der Waals surface area contributed by atoms with Crippen LogP contribution in [0.3, 0.4) is 0 Å². The molecule has 0 aromatic carbocycles. The highest BCUT2D eigenvalue weighted by atomic mass is 32.1. The molecule has 0 unspecified atom stereocenters. The van der Waals surface area contributed by atoms with Crippen LogP contribution in [0.2, 0.25) is 0 Å². The van der Waals surface area contributed by atoms with Crippen LogP contribution in [0.25, 0.3) is 10.2 Å². The fourth-order valence-corrected chi connectivity index (χ4v) is 3.91. The molecule has 3 rings (SSSR count). The van der Waals surface area contributed by atoms with E-state index < -0.39 is 17.7 Å². The van der Waals surface area contributed by atoms with Gasteiger partial charge in [0.1, 0.15) is 9.71 Å². The van der Waals surface area contributed by atoms with Gasteiger partial charge in [0.25, 0.3) is 0 Å². The van der Waals surface area contributed by atoms with Crippen molar-refractivity contribution in [3.63, 3.8) is 0 Å². The molecular formula is C14H13F3N2O2S. The topological polar surface area (TPSA) is 65.2 Å². The fraction of sp³-hybridized carbons (Fsp3) is 0.429. The van der Waals surface area contributed by atoms with Crippen LogP contribution >= 0.6 is 11.3 Å². The number of nitrogens with zero attached hydrogens (tertiary/aromatic N) is 1. The summed E-state index contributed by atoms with van der Waals surface area (Å²) in [5.41, 5.74) is 5.56. The lowest BCUT2D eigenvalue weighted by molar-refractivity contribution is -0.137. The van der Waals surface area contributed by atoms with Crippen molar-refractivity contribution in [1.82, 2.24) is 4.98 Å². The number of anilines is 1. The van der Waals surface area contributed by atoms with Crippen molar-refractivity contribution in [2.24, 2.45) is 0 Å². The lowest BCUT2D eigenvalue weighted by Crippen LogP contribution is -2.16. The molecule has 0 amide bonds. The number of thiophene rings is 1. The third kappa shape index (κ3) is 2.22. The van der Waals surface area contributed by atoms with Gasteiger partial charge in [-0.3, -0.25) is 0 Å². The van der Waals surface area contributed by atoms with Crippen LogP contribution < -0.4 is 5.73 Å². The Balaban J connectivity index is 2.40. The summed E-state index contributed by atoms with van der Waals surface area (Å²) in [5.74, 6) is -0.744. The predicted molar refractivity (Wildman–Crippen MR) is 77.0 cm³/mol. The number of nitrogen functional groups attached to an aromatic ring is 1. The van der Waals surface area contributed by atoms with Gasteiger partial charge < -0.3 is 10.5 Å². The summed E-state index contributed by atoms with van der Waals surface area (Å²) in [6.45, 7) is 0. The van der Waals surface area contributed by atoms with Gasteiger partial charge in [0.15, 0.2) is 0 Å². The van der Waals surface area contributed by atoms with E-state index in [4.69, 9.17) is 5.73 Å². The number of alkyl halides is 3. The number of methoxy groups -OCH3 is 1. The first-order chi connectivity index (χ1) is 10.3. The van der Waals surface area contributed by atoms with Gasteiger partial charge >= 0.3 is 12.1 Å². The van der Waals surface area contributed by atoms with Crippen molar-refractivity contribution in [1.29, 1.82) is 0 Å². The molecule has 0 atom stereocenters. The van der Waals surface area contributed by atoms with Gasteiger partial charge in [0.05, 0.1) is 18.4 Å². The normalized spacial score (nSPS) is 14.9. The zero-order chi connectivity index (χ0) is 16.1. The van der Waals surface area contributed by atoms with Crippen molar-refractivity contribution in [2.45, 2.75) is 31.9 Å². The van der Waals surface area contributed by atoms with Gasteiger partial charge in [0, 0.05) is 11.1 Å². The number of carbonyl (C=O) groups is 1. The smallest absolute Gasteiger partial charge is 0.417 e. The maximum Gasteiger partial charge on any atom is 0.417 e. The summed E-state index contributed by atoms with van der Waals surface area (Å²) in [7, 11) is 1.16. The van der Waals surface area contributed by atoms with E-state index in [2.05, 4.69) is 9.72 Å². The van der Waals surface area contributed by atoms with Crippen molar-refractivity contribution < 1.29 is 22.7 Å². The maximum absolute atomic E-state index is 13.6. The molecule has 8 heteroatoms. The number of nitrogens with two attached hydrogens (primary N) is 1. The van der Waals surface area contributed by atoms with Crippen molar-refractivity contribution >= 4 is 33.2 Å². The van der Waals surface area contributed by atoms with Crippen LogP contribution in [0.4, 0.5) is 18.9 Å². The molecule has 1 aliphatic carbocycles. The Labute approximate surface area is 128 Å². The number of aromatic nitrogens is 1. The van der Waals surface area contributed by atoms with Crippen LogP contribution in [-0.4, -0.2) is 18.1 Å². The number of ether oxygens (including phenoxy) is 1. The van der Waals surface area contributed by atoms with E-state index in [1.807, 2.05) is 0 Å². The van der Waals surface area contributed by atoms with E-state index in [1.54, 1.807) is 0 Å².